The highest BCUT2D eigenvalue weighted by atomic mass is 32.2. The van der Waals surface area contributed by atoms with Crippen LogP contribution < -0.4 is 10.0 Å². The molecule has 26 heavy (non-hydrogen) atoms. The summed E-state index contributed by atoms with van der Waals surface area (Å²) in [5, 5.41) is 10.7. The van der Waals surface area contributed by atoms with Gasteiger partial charge >= 0.3 is 0 Å². The normalized spacial score (nSPS) is 23.7. The number of fused-ring (bicyclic) bond motifs is 1. The van der Waals surface area contributed by atoms with Crippen molar-refractivity contribution in [2.24, 2.45) is 0 Å². The SMILES string of the molecule is O=S(=O)(NC[C@@H]1CCCO1)c1c(NC[C@@H]2CCCO2)ccc2nonc12. The van der Waals surface area contributed by atoms with E-state index >= 15 is 0 Å². The fraction of sp³-hybridized carbons (Fsp3) is 0.625. The third-order valence-corrected chi connectivity index (χ3v) is 6.22. The molecule has 2 atom stereocenters. The standard InChI is InChI=1S/C16H22N4O5S/c21-26(22,18-10-12-4-2-8-24-12)16-14(17-9-11-3-1-7-23-11)6-5-13-15(16)20-25-19-13/h5-6,11-12,17-18H,1-4,7-10H2/t11-,12-/m0/s1. The summed E-state index contributed by atoms with van der Waals surface area (Å²) in [5.41, 5.74) is 1.07. The van der Waals surface area contributed by atoms with E-state index in [2.05, 4.69) is 20.4 Å². The molecule has 2 aliphatic rings. The molecule has 3 heterocycles. The van der Waals surface area contributed by atoms with Gasteiger partial charge in [0.15, 0.2) is 5.52 Å². The Kier molecular flexibility index (Phi) is 5.07. The van der Waals surface area contributed by atoms with Crippen molar-refractivity contribution in [1.82, 2.24) is 15.0 Å². The number of rotatable bonds is 7. The average Bonchev–Trinajstić information content (AvgIpc) is 3.40. The number of sulfonamides is 1. The highest BCUT2D eigenvalue weighted by Gasteiger charge is 2.27. The number of nitrogens with one attached hydrogen (secondary N) is 2. The second kappa shape index (κ2) is 7.47. The Morgan fingerprint density at radius 3 is 2.46 bits per heavy atom. The van der Waals surface area contributed by atoms with Gasteiger partial charge in [-0.25, -0.2) is 17.8 Å². The fourth-order valence-electron chi connectivity index (χ4n) is 3.35. The first-order valence-corrected chi connectivity index (χ1v) is 10.3. The monoisotopic (exact) mass is 382 g/mol. The zero-order valence-corrected chi connectivity index (χ0v) is 15.1. The summed E-state index contributed by atoms with van der Waals surface area (Å²) in [6.45, 7) is 2.18. The lowest BCUT2D eigenvalue weighted by Crippen LogP contribution is -2.32. The highest BCUT2D eigenvalue weighted by molar-refractivity contribution is 7.89. The Morgan fingerprint density at radius 2 is 1.77 bits per heavy atom. The van der Waals surface area contributed by atoms with E-state index < -0.39 is 10.0 Å². The predicted octanol–water partition coefficient (Wildman–Crippen LogP) is 1.27. The lowest BCUT2D eigenvalue weighted by Gasteiger charge is -2.17. The molecule has 0 saturated carbocycles. The zero-order valence-electron chi connectivity index (χ0n) is 14.3. The smallest absolute Gasteiger partial charge is 0.245 e. The van der Waals surface area contributed by atoms with Crippen LogP contribution in [0.1, 0.15) is 25.7 Å². The van der Waals surface area contributed by atoms with Crippen LogP contribution in [0.2, 0.25) is 0 Å². The van der Waals surface area contributed by atoms with Crippen molar-refractivity contribution in [2.45, 2.75) is 42.8 Å². The minimum Gasteiger partial charge on any atom is -0.381 e. The van der Waals surface area contributed by atoms with Gasteiger partial charge in [-0.3, -0.25) is 0 Å². The second-order valence-corrected chi connectivity index (χ2v) is 8.28. The Balaban J connectivity index is 1.59. The number of benzene rings is 1. The summed E-state index contributed by atoms with van der Waals surface area (Å²) in [7, 11) is -3.82. The summed E-state index contributed by atoms with van der Waals surface area (Å²) >= 11 is 0. The Labute approximate surface area is 151 Å². The molecule has 4 rings (SSSR count). The van der Waals surface area contributed by atoms with Crippen LogP contribution in [0.15, 0.2) is 21.7 Å². The van der Waals surface area contributed by atoms with Crippen LogP contribution in [0.25, 0.3) is 11.0 Å². The highest BCUT2D eigenvalue weighted by Crippen LogP contribution is 2.29. The van der Waals surface area contributed by atoms with E-state index in [0.717, 1.165) is 32.3 Å². The van der Waals surface area contributed by atoms with Crippen molar-refractivity contribution in [2.75, 3.05) is 31.6 Å². The van der Waals surface area contributed by atoms with Crippen molar-refractivity contribution in [1.29, 1.82) is 0 Å². The molecule has 2 aromatic rings. The van der Waals surface area contributed by atoms with Crippen molar-refractivity contribution in [3.05, 3.63) is 12.1 Å². The third-order valence-electron chi connectivity index (χ3n) is 4.72. The van der Waals surface area contributed by atoms with E-state index in [-0.39, 0.29) is 29.2 Å². The molecule has 0 aliphatic carbocycles. The van der Waals surface area contributed by atoms with Crippen LogP contribution in [-0.4, -0.2) is 57.2 Å². The maximum Gasteiger partial charge on any atom is 0.245 e. The lowest BCUT2D eigenvalue weighted by molar-refractivity contribution is 0.114. The van der Waals surface area contributed by atoms with Crippen LogP contribution in [-0.2, 0) is 19.5 Å². The molecule has 2 N–H and O–H groups in total. The molecule has 142 valence electrons. The van der Waals surface area contributed by atoms with Gasteiger partial charge in [-0.1, -0.05) is 0 Å². The molecule has 2 fully saturated rings. The van der Waals surface area contributed by atoms with Crippen LogP contribution in [0, 0.1) is 0 Å². The fourth-order valence-corrected chi connectivity index (χ4v) is 4.72. The summed E-state index contributed by atoms with van der Waals surface area (Å²) in [4.78, 5) is 0.0484. The van der Waals surface area contributed by atoms with Gasteiger partial charge in [0.05, 0.1) is 17.9 Å². The summed E-state index contributed by atoms with van der Waals surface area (Å²) in [6, 6.07) is 3.37. The van der Waals surface area contributed by atoms with Crippen molar-refractivity contribution in [3.8, 4) is 0 Å². The number of hydrogen-bond donors (Lipinski definition) is 2. The molecule has 0 spiro atoms. The molecule has 0 unspecified atom stereocenters. The molecular formula is C16H22N4O5S. The van der Waals surface area contributed by atoms with Gasteiger partial charge in [0, 0.05) is 26.3 Å². The number of nitrogens with zero attached hydrogens (tertiary/aromatic N) is 2. The molecule has 0 amide bonds. The van der Waals surface area contributed by atoms with Gasteiger partial charge < -0.3 is 14.8 Å². The van der Waals surface area contributed by atoms with Crippen molar-refractivity contribution < 1.29 is 22.5 Å². The second-order valence-electron chi connectivity index (χ2n) is 6.58. The number of ether oxygens (including phenoxy) is 2. The van der Waals surface area contributed by atoms with Crippen LogP contribution in [0.5, 0.6) is 0 Å². The lowest BCUT2D eigenvalue weighted by atomic mass is 10.2. The molecule has 1 aromatic heterocycles. The Bertz CT molecular complexity index is 857. The van der Waals surface area contributed by atoms with Gasteiger partial charge in [0.2, 0.25) is 10.0 Å². The molecule has 1 aromatic carbocycles. The van der Waals surface area contributed by atoms with E-state index in [0.29, 0.717) is 24.4 Å². The van der Waals surface area contributed by atoms with Gasteiger partial charge in [0.1, 0.15) is 10.4 Å². The van der Waals surface area contributed by atoms with E-state index in [1.165, 1.54) is 0 Å². The first-order valence-electron chi connectivity index (χ1n) is 8.85. The molecule has 2 aliphatic heterocycles. The van der Waals surface area contributed by atoms with E-state index in [9.17, 15) is 8.42 Å². The largest absolute Gasteiger partial charge is 0.381 e. The van der Waals surface area contributed by atoms with Gasteiger partial charge in [-0.15, -0.1) is 0 Å². The molecule has 9 nitrogen and oxygen atoms in total. The molecular weight excluding hydrogens is 360 g/mol. The first kappa shape index (κ1) is 17.7. The molecule has 0 radical (unpaired) electrons. The van der Waals surface area contributed by atoms with E-state index in [1.807, 2.05) is 0 Å². The van der Waals surface area contributed by atoms with E-state index in [4.69, 9.17) is 14.1 Å². The molecule has 10 heteroatoms. The molecule has 0 bridgehead atoms. The minimum absolute atomic E-state index is 0.0484. The minimum atomic E-state index is -3.82. The summed E-state index contributed by atoms with van der Waals surface area (Å²) in [6.07, 6.45) is 3.76. The van der Waals surface area contributed by atoms with Crippen molar-refractivity contribution >= 4 is 26.7 Å². The first-order chi connectivity index (χ1) is 12.6. The Hall–Kier alpha value is -1.75. The number of hydrogen-bond acceptors (Lipinski definition) is 8. The summed E-state index contributed by atoms with van der Waals surface area (Å²) < 4.78 is 44.4. The number of anilines is 1. The average molecular weight is 382 g/mol. The van der Waals surface area contributed by atoms with Crippen LogP contribution >= 0.6 is 0 Å². The summed E-state index contributed by atoms with van der Waals surface area (Å²) in [5.74, 6) is 0. The topological polar surface area (TPSA) is 116 Å². The van der Waals surface area contributed by atoms with Crippen LogP contribution in [0.3, 0.4) is 0 Å². The Morgan fingerprint density at radius 1 is 1.04 bits per heavy atom. The maximum absolute atomic E-state index is 13.0. The quantitative estimate of drug-likeness (QED) is 0.736. The van der Waals surface area contributed by atoms with Crippen LogP contribution in [0.4, 0.5) is 5.69 Å². The molecule has 2 saturated heterocycles. The predicted molar refractivity (Wildman–Crippen MR) is 93.4 cm³/mol. The van der Waals surface area contributed by atoms with Gasteiger partial charge in [-0.2, -0.15) is 0 Å². The van der Waals surface area contributed by atoms with Gasteiger partial charge in [0.25, 0.3) is 0 Å². The third kappa shape index (κ3) is 3.68. The number of aromatic nitrogens is 2. The van der Waals surface area contributed by atoms with E-state index in [1.54, 1.807) is 12.1 Å². The van der Waals surface area contributed by atoms with Gasteiger partial charge in [-0.05, 0) is 48.1 Å². The van der Waals surface area contributed by atoms with Crippen molar-refractivity contribution in [3.63, 3.8) is 0 Å². The zero-order chi connectivity index (χ0) is 18.0. The maximum atomic E-state index is 13.0.